The summed E-state index contributed by atoms with van der Waals surface area (Å²) < 4.78 is 9.54. The van der Waals surface area contributed by atoms with Crippen LogP contribution in [0, 0.1) is 0 Å². The zero-order valence-electron chi connectivity index (χ0n) is 10.3. The lowest BCUT2D eigenvalue weighted by molar-refractivity contribution is 0.521. The zero-order chi connectivity index (χ0) is 12.8. The van der Waals surface area contributed by atoms with E-state index in [0.29, 0.717) is 0 Å². The Balaban J connectivity index is 2.07. The standard InChI is InChI=1S/C13H16BrN3S/c1-2-7-15-12(13-9-16-18-17-13)8-10-3-5-11(14)6-4-10/h3-6,9,12,15H,2,7-8H2,1H3. The van der Waals surface area contributed by atoms with Gasteiger partial charge in [-0.2, -0.15) is 8.75 Å². The van der Waals surface area contributed by atoms with Gasteiger partial charge in [0.15, 0.2) is 0 Å². The van der Waals surface area contributed by atoms with Crippen LogP contribution in [0.4, 0.5) is 0 Å². The Morgan fingerprint density at radius 1 is 1.33 bits per heavy atom. The molecule has 1 unspecified atom stereocenters. The number of nitrogens with one attached hydrogen (secondary N) is 1. The second-order valence-corrected chi connectivity index (χ2v) is 5.64. The van der Waals surface area contributed by atoms with E-state index >= 15 is 0 Å². The topological polar surface area (TPSA) is 37.8 Å². The lowest BCUT2D eigenvalue weighted by atomic mass is 10.0. The second-order valence-electron chi connectivity index (χ2n) is 4.17. The maximum absolute atomic E-state index is 4.34. The molecule has 3 nitrogen and oxygen atoms in total. The first-order chi connectivity index (χ1) is 8.79. The number of nitrogens with zero attached hydrogens (tertiary/aromatic N) is 2. The lowest BCUT2D eigenvalue weighted by Crippen LogP contribution is -2.24. The first-order valence-electron chi connectivity index (χ1n) is 6.05. The minimum Gasteiger partial charge on any atom is -0.308 e. The fourth-order valence-corrected chi connectivity index (χ4v) is 2.52. The molecule has 2 rings (SSSR count). The summed E-state index contributed by atoms with van der Waals surface area (Å²) in [6.07, 6.45) is 3.92. The summed E-state index contributed by atoms with van der Waals surface area (Å²) in [5.41, 5.74) is 2.34. The van der Waals surface area contributed by atoms with Crippen molar-refractivity contribution in [2.24, 2.45) is 0 Å². The van der Waals surface area contributed by atoms with Crippen LogP contribution in [0.2, 0.25) is 0 Å². The fraction of sp³-hybridized carbons (Fsp3) is 0.385. The van der Waals surface area contributed by atoms with Crippen LogP contribution < -0.4 is 5.32 Å². The smallest absolute Gasteiger partial charge is 0.0915 e. The third-order valence-electron chi connectivity index (χ3n) is 2.73. The maximum Gasteiger partial charge on any atom is 0.0915 e. The summed E-state index contributed by atoms with van der Waals surface area (Å²) in [4.78, 5) is 0. The van der Waals surface area contributed by atoms with Crippen LogP contribution in [-0.4, -0.2) is 15.3 Å². The summed E-state index contributed by atoms with van der Waals surface area (Å²) >= 11 is 4.72. The van der Waals surface area contributed by atoms with Gasteiger partial charge in [-0.25, -0.2) is 0 Å². The molecule has 1 atom stereocenters. The van der Waals surface area contributed by atoms with Crippen molar-refractivity contribution in [1.82, 2.24) is 14.1 Å². The first kappa shape index (κ1) is 13.6. The molecule has 0 radical (unpaired) electrons. The highest BCUT2D eigenvalue weighted by atomic mass is 79.9. The summed E-state index contributed by atoms with van der Waals surface area (Å²) in [5, 5.41) is 3.53. The number of benzene rings is 1. The highest BCUT2D eigenvalue weighted by molar-refractivity contribution is 9.10. The third kappa shape index (κ3) is 3.86. The van der Waals surface area contributed by atoms with Crippen molar-refractivity contribution >= 4 is 27.7 Å². The minimum absolute atomic E-state index is 0.255. The van der Waals surface area contributed by atoms with E-state index in [2.05, 4.69) is 61.2 Å². The van der Waals surface area contributed by atoms with Crippen LogP contribution in [0.15, 0.2) is 34.9 Å². The van der Waals surface area contributed by atoms with E-state index in [1.165, 1.54) is 17.3 Å². The molecule has 1 N–H and O–H groups in total. The molecule has 0 spiro atoms. The molecular weight excluding hydrogens is 310 g/mol. The second kappa shape index (κ2) is 6.97. The van der Waals surface area contributed by atoms with E-state index in [1.54, 1.807) is 0 Å². The van der Waals surface area contributed by atoms with Gasteiger partial charge in [0, 0.05) is 4.47 Å². The van der Waals surface area contributed by atoms with Crippen molar-refractivity contribution in [2.45, 2.75) is 25.8 Å². The van der Waals surface area contributed by atoms with E-state index in [4.69, 9.17) is 0 Å². The molecule has 0 saturated heterocycles. The Morgan fingerprint density at radius 3 is 2.72 bits per heavy atom. The normalized spacial score (nSPS) is 12.6. The van der Waals surface area contributed by atoms with Gasteiger partial charge in [0.05, 0.1) is 29.7 Å². The van der Waals surface area contributed by atoms with E-state index in [9.17, 15) is 0 Å². The fourth-order valence-electron chi connectivity index (χ4n) is 1.78. The Labute approximate surface area is 120 Å². The Bertz CT molecular complexity index is 456. The first-order valence-corrected chi connectivity index (χ1v) is 7.57. The molecule has 0 amide bonds. The molecule has 5 heteroatoms. The van der Waals surface area contributed by atoms with E-state index in [0.717, 1.165) is 29.6 Å². The van der Waals surface area contributed by atoms with Crippen molar-refractivity contribution in [3.05, 3.63) is 46.2 Å². The average Bonchev–Trinajstić information content (AvgIpc) is 2.90. The highest BCUT2D eigenvalue weighted by Gasteiger charge is 2.14. The van der Waals surface area contributed by atoms with Gasteiger partial charge in [0.2, 0.25) is 0 Å². The Hall–Kier alpha value is -0.780. The molecule has 0 aliphatic carbocycles. The van der Waals surface area contributed by atoms with Crippen molar-refractivity contribution in [3.63, 3.8) is 0 Å². The summed E-state index contributed by atoms with van der Waals surface area (Å²) in [6.45, 7) is 3.17. The monoisotopic (exact) mass is 325 g/mol. The number of aromatic nitrogens is 2. The minimum atomic E-state index is 0.255. The molecule has 0 bridgehead atoms. The molecule has 0 fully saturated rings. The van der Waals surface area contributed by atoms with Crippen LogP contribution in [0.5, 0.6) is 0 Å². The summed E-state index contributed by atoms with van der Waals surface area (Å²) in [7, 11) is 0. The van der Waals surface area contributed by atoms with E-state index in [1.807, 2.05) is 6.20 Å². The largest absolute Gasteiger partial charge is 0.308 e. The van der Waals surface area contributed by atoms with Gasteiger partial charge in [-0.05, 0) is 37.1 Å². The average molecular weight is 326 g/mol. The van der Waals surface area contributed by atoms with Gasteiger partial charge in [-0.3, -0.25) is 0 Å². The molecule has 96 valence electrons. The third-order valence-corrected chi connectivity index (χ3v) is 3.75. The van der Waals surface area contributed by atoms with Crippen LogP contribution in [0.25, 0.3) is 0 Å². The van der Waals surface area contributed by atoms with Gasteiger partial charge in [0.1, 0.15) is 0 Å². The molecule has 2 aromatic rings. The summed E-state index contributed by atoms with van der Waals surface area (Å²) in [6, 6.07) is 8.69. The van der Waals surface area contributed by atoms with Gasteiger partial charge in [-0.15, -0.1) is 0 Å². The molecule has 18 heavy (non-hydrogen) atoms. The van der Waals surface area contributed by atoms with Crippen LogP contribution in [0.3, 0.4) is 0 Å². The summed E-state index contributed by atoms with van der Waals surface area (Å²) in [5.74, 6) is 0. The maximum atomic E-state index is 4.34. The number of halogens is 1. The number of rotatable bonds is 6. The Morgan fingerprint density at radius 2 is 2.11 bits per heavy atom. The quantitative estimate of drug-likeness (QED) is 0.882. The molecule has 1 heterocycles. The van der Waals surface area contributed by atoms with Gasteiger partial charge in [0.25, 0.3) is 0 Å². The predicted octanol–water partition coefficient (Wildman–Crippen LogP) is 3.58. The molecule has 1 aromatic carbocycles. The van der Waals surface area contributed by atoms with E-state index in [-0.39, 0.29) is 6.04 Å². The van der Waals surface area contributed by atoms with Gasteiger partial charge in [-0.1, -0.05) is 35.0 Å². The van der Waals surface area contributed by atoms with Crippen LogP contribution >= 0.6 is 27.7 Å². The molecule has 0 aliphatic rings. The molecule has 0 saturated carbocycles. The van der Waals surface area contributed by atoms with E-state index < -0.39 is 0 Å². The molecule has 0 aliphatic heterocycles. The van der Waals surface area contributed by atoms with Crippen molar-refractivity contribution in [2.75, 3.05) is 6.54 Å². The van der Waals surface area contributed by atoms with Crippen molar-refractivity contribution in [3.8, 4) is 0 Å². The number of hydrogen-bond donors (Lipinski definition) is 1. The number of hydrogen-bond acceptors (Lipinski definition) is 4. The van der Waals surface area contributed by atoms with Gasteiger partial charge >= 0.3 is 0 Å². The zero-order valence-corrected chi connectivity index (χ0v) is 12.7. The highest BCUT2D eigenvalue weighted by Crippen LogP contribution is 2.19. The lowest BCUT2D eigenvalue weighted by Gasteiger charge is -2.16. The van der Waals surface area contributed by atoms with Crippen molar-refractivity contribution in [1.29, 1.82) is 0 Å². The van der Waals surface area contributed by atoms with Crippen molar-refractivity contribution < 1.29 is 0 Å². The van der Waals surface area contributed by atoms with Crippen LogP contribution in [0.1, 0.15) is 30.6 Å². The Kier molecular flexibility index (Phi) is 5.28. The predicted molar refractivity (Wildman–Crippen MR) is 78.8 cm³/mol. The van der Waals surface area contributed by atoms with Gasteiger partial charge < -0.3 is 5.32 Å². The molecular formula is C13H16BrN3S. The SMILES string of the molecule is CCCNC(Cc1ccc(Br)cc1)c1cnsn1. The van der Waals surface area contributed by atoms with Crippen LogP contribution in [-0.2, 0) is 6.42 Å². The molecule has 1 aromatic heterocycles.